The van der Waals surface area contributed by atoms with Crippen molar-refractivity contribution in [3.05, 3.63) is 59.8 Å². The van der Waals surface area contributed by atoms with Gasteiger partial charge < -0.3 is 15.5 Å². The summed E-state index contributed by atoms with van der Waals surface area (Å²) in [6.07, 6.45) is 8.06. The number of rotatable bonds is 6. The highest BCUT2D eigenvalue weighted by Gasteiger charge is 2.26. The number of pyridine rings is 1. The molecule has 2 fully saturated rings. The molecule has 180 valence electrons. The molecule has 2 saturated heterocycles. The molecule has 2 aliphatic rings. The van der Waals surface area contributed by atoms with E-state index in [2.05, 4.69) is 79.8 Å². The SMILES string of the molecule is CN=C(NCc1ccnc(N2CCCCC2)c1)NC1CCN(Cc2ccccc2)C(C)C1.I. The van der Waals surface area contributed by atoms with Crippen molar-refractivity contribution in [3.8, 4) is 0 Å². The van der Waals surface area contributed by atoms with E-state index in [4.69, 9.17) is 0 Å². The van der Waals surface area contributed by atoms with Gasteiger partial charge in [-0.1, -0.05) is 30.3 Å². The fourth-order valence-electron chi connectivity index (χ4n) is 4.84. The standard InChI is InChI=1S/C26H38N6.HI/c1-21-17-24(12-16-32(21)20-22-9-5-3-6-10-22)30-26(27-2)29-19-23-11-13-28-25(18-23)31-14-7-4-8-15-31;/h3,5-6,9-11,13,18,21,24H,4,7-8,12,14-17,19-20H2,1-2H3,(H2,27,29,30);1H. The van der Waals surface area contributed by atoms with E-state index in [0.29, 0.717) is 12.1 Å². The summed E-state index contributed by atoms with van der Waals surface area (Å²) in [5.74, 6) is 1.99. The number of anilines is 1. The van der Waals surface area contributed by atoms with Gasteiger partial charge >= 0.3 is 0 Å². The maximum atomic E-state index is 4.60. The minimum absolute atomic E-state index is 0. The molecule has 7 heteroatoms. The Labute approximate surface area is 216 Å². The summed E-state index contributed by atoms with van der Waals surface area (Å²) in [5.41, 5.74) is 2.64. The topological polar surface area (TPSA) is 55.8 Å². The predicted octanol–water partition coefficient (Wildman–Crippen LogP) is 4.41. The van der Waals surface area contributed by atoms with Crippen LogP contribution in [0, 0.1) is 0 Å². The van der Waals surface area contributed by atoms with Gasteiger partial charge in [0.25, 0.3) is 0 Å². The molecule has 2 aliphatic heterocycles. The number of halogens is 1. The largest absolute Gasteiger partial charge is 0.357 e. The Bertz CT molecular complexity index is 868. The molecule has 2 atom stereocenters. The molecule has 1 aromatic heterocycles. The van der Waals surface area contributed by atoms with Crippen molar-refractivity contribution in [1.29, 1.82) is 0 Å². The molecule has 0 radical (unpaired) electrons. The van der Waals surface area contributed by atoms with E-state index in [-0.39, 0.29) is 24.0 Å². The molecule has 1 aromatic carbocycles. The highest BCUT2D eigenvalue weighted by atomic mass is 127. The van der Waals surface area contributed by atoms with Gasteiger partial charge in [0.05, 0.1) is 0 Å². The van der Waals surface area contributed by atoms with Crippen LogP contribution in [0.1, 0.15) is 50.2 Å². The second-order valence-corrected chi connectivity index (χ2v) is 9.17. The second kappa shape index (κ2) is 13.1. The third kappa shape index (κ3) is 7.57. The maximum absolute atomic E-state index is 4.60. The van der Waals surface area contributed by atoms with Crippen molar-refractivity contribution < 1.29 is 0 Å². The van der Waals surface area contributed by atoms with Crippen LogP contribution in [0.15, 0.2) is 53.7 Å². The molecule has 0 aliphatic carbocycles. The Morgan fingerprint density at radius 1 is 1.06 bits per heavy atom. The molecule has 2 aromatic rings. The first-order valence-corrected chi connectivity index (χ1v) is 12.2. The highest BCUT2D eigenvalue weighted by Crippen LogP contribution is 2.20. The average molecular weight is 563 g/mol. The Hall–Kier alpha value is -1.87. The van der Waals surface area contributed by atoms with Gasteiger partial charge in [-0.2, -0.15) is 0 Å². The Morgan fingerprint density at radius 3 is 2.58 bits per heavy atom. The monoisotopic (exact) mass is 562 g/mol. The second-order valence-electron chi connectivity index (χ2n) is 9.17. The molecule has 0 amide bonds. The summed E-state index contributed by atoms with van der Waals surface area (Å²) in [5, 5.41) is 7.16. The normalized spacial score (nSPS) is 21.9. The van der Waals surface area contributed by atoms with Crippen LogP contribution in [0.3, 0.4) is 0 Å². The smallest absolute Gasteiger partial charge is 0.191 e. The van der Waals surface area contributed by atoms with Crippen LogP contribution in [0.25, 0.3) is 0 Å². The number of hydrogen-bond acceptors (Lipinski definition) is 4. The number of nitrogens with zero attached hydrogens (tertiary/aromatic N) is 4. The summed E-state index contributed by atoms with van der Waals surface area (Å²) in [6.45, 7) is 7.47. The molecule has 0 spiro atoms. The van der Waals surface area contributed by atoms with Gasteiger partial charge in [-0.3, -0.25) is 9.89 Å². The third-order valence-corrected chi connectivity index (χ3v) is 6.76. The number of aromatic nitrogens is 1. The van der Waals surface area contributed by atoms with Gasteiger partial charge in [-0.05, 0) is 62.3 Å². The van der Waals surface area contributed by atoms with Crippen LogP contribution in [0.4, 0.5) is 5.82 Å². The number of nitrogens with one attached hydrogen (secondary N) is 2. The van der Waals surface area contributed by atoms with E-state index >= 15 is 0 Å². The van der Waals surface area contributed by atoms with Crippen molar-refractivity contribution in [2.45, 2.75) is 64.2 Å². The maximum Gasteiger partial charge on any atom is 0.191 e. The van der Waals surface area contributed by atoms with E-state index in [1.54, 1.807) is 0 Å². The van der Waals surface area contributed by atoms with Crippen LogP contribution in [-0.2, 0) is 13.1 Å². The van der Waals surface area contributed by atoms with Crippen LogP contribution in [-0.4, -0.2) is 54.6 Å². The molecule has 4 rings (SSSR count). The number of hydrogen-bond donors (Lipinski definition) is 2. The number of piperidine rings is 2. The first-order chi connectivity index (χ1) is 15.7. The summed E-state index contributed by atoms with van der Waals surface area (Å²) < 4.78 is 0. The van der Waals surface area contributed by atoms with E-state index < -0.39 is 0 Å². The van der Waals surface area contributed by atoms with Crippen molar-refractivity contribution in [3.63, 3.8) is 0 Å². The van der Waals surface area contributed by atoms with Gasteiger partial charge in [-0.15, -0.1) is 24.0 Å². The summed E-state index contributed by atoms with van der Waals surface area (Å²) in [7, 11) is 1.86. The Morgan fingerprint density at radius 2 is 1.85 bits per heavy atom. The third-order valence-electron chi connectivity index (χ3n) is 6.76. The molecular weight excluding hydrogens is 523 g/mol. The molecule has 3 heterocycles. The molecule has 6 nitrogen and oxygen atoms in total. The van der Waals surface area contributed by atoms with Crippen molar-refractivity contribution in [2.75, 3.05) is 31.6 Å². The minimum Gasteiger partial charge on any atom is -0.357 e. The van der Waals surface area contributed by atoms with Gasteiger partial charge in [0, 0.05) is 58.1 Å². The van der Waals surface area contributed by atoms with Crippen LogP contribution in [0.2, 0.25) is 0 Å². The molecule has 2 N–H and O–H groups in total. The fourth-order valence-corrected chi connectivity index (χ4v) is 4.84. The highest BCUT2D eigenvalue weighted by molar-refractivity contribution is 14.0. The van der Waals surface area contributed by atoms with E-state index in [0.717, 1.165) is 57.3 Å². The zero-order valence-corrected chi connectivity index (χ0v) is 22.4. The summed E-state index contributed by atoms with van der Waals surface area (Å²) >= 11 is 0. The molecule has 0 saturated carbocycles. The van der Waals surface area contributed by atoms with Crippen molar-refractivity contribution >= 4 is 35.8 Å². The predicted molar refractivity (Wildman–Crippen MR) is 148 cm³/mol. The molecule has 2 unspecified atom stereocenters. The lowest BCUT2D eigenvalue weighted by Crippen LogP contribution is -2.51. The van der Waals surface area contributed by atoms with E-state index in [1.165, 1.54) is 30.4 Å². The van der Waals surface area contributed by atoms with Gasteiger partial charge in [-0.25, -0.2) is 4.98 Å². The minimum atomic E-state index is 0. The number of guanidine groups is 1. The van der Waals surface area contributed by atoms with E-state index in [1.807, 2.05) is 13.2 Å². The van der Waals surface area contributed by atoms with Crippen molar-refractivity contribution in [1.82, 2.24) is 20.5 Å². The number of aliphatic imine (C=N–C) groups is 1. The molecule has 0 bridgehead atoms. The first kappa shape index (κ1) is 25.7. The van der Waals surface area contributed by atoms with Crippen molar-refractivity contribution in [2.24, 2.45) is 4.99 Å². The Kier molecular flexibility index (Phi) is 10.2. The summed E-state index contributed by atoms with van der Waals surface area (Å²) in [4.78, 5) is 14.1. The zero-order valence-electron chi connectivity index (χ0n) is 20.0. The van der Waals surface area contributed by atoms with E-state index in [9.17, 15) is 0 Å². The number of likely N-dealkylation sites (tertiary alicyclic amines) is 1. The number of benzene rings is 1. The van der Waals surface area contributed by atoms with Gasteiger partial charge in [0.2, 0.25) is 0 Å². The lowest BCUT2D eigenvalue weighted by atomic mass is 9.97. The zero-order chi connectivity index (χ0) is 22.2. The first-order valence-electron chi connectivity index (χ1n) is 12.2. The molecular formula is C26H39IN6. The van der Waals surface area contributed by atoms with Gasteiger partial charge in [0.15, 0.2) is 5.96 Å². The Balaban J connectivity index is 0.00000306. The van der Waals surface area contributed by atoms with Crippen LogP contribution < -0.4 is 15.5 Å². The fraction of sp³-hybridized carbons (Fsp3) is 0.538. The lowest BCUT2D eigenvalue weighted by Gasteiger charge is -2.38. The van der Waals surface area contributed by atoms with Crippen LogP contribution in [0.5, 0.6) is 0 Å². The molecule has 33 heavy (non-hydrogen) atoms. The van der Waals surface area contributed by atoms with Crippen LogP contribution >= 0.6 is 24.0 Å². The summed E-state index contributed by atoms with van der Waals surface area (Å²) in [6, 6.07) is 16.1. The van der Waals surface area contributed by atoms with Gasteiger partial charge in [0.1, 0.15) is 5.82 Å². The average Bonchev–Trinajstić information content (AvgIpc) is 2.85. The quantitative estimate of drug-likeness (QED) is 0.311. The lowest BCUT2D eigenvalue weighted by molar-refractivity contribution is 0.134.